The second-order valence-corrected chi connectivity index (χ2v) is 9.47. The Morgan fingerprint density at radius 2 is 1.81 bits per heavy atom. The second-order valence-electron chi connectivity index (χ2n) is 9.06. The molecule has 43 heavy (non-hydrogen) atoms. The number of ether oxygens (including phenoxy) is 1. The summed E-state index contributed by atoms with van der Waals surface area (Å²) >= 11 is 6.27. The highest BCUT2D eigenvalue weighted by Gasteiger charge is 2.47. The Morgan fingerprint density at radius 1 is 1.05 bits per heavy atom. The summed E-state index contributed by atoms with van der Waals surface area (Å²) < 4.78 is 52.5. The number of hydrogen-bond acceptors (Lipinski definition) is 6. The van der Waals surface area contributed by atoms with Crippen molar-refractivity contribution in [2.75, 3.05) is 17.4 Å². The van der Waals surface area contributed by atoms with Gasteiger partial charge in [-0.25, -0.2) is 4.79 Å². The van der Waals surface area contributed by atoms with E-state index in [1.807, 2.05) is 0 Å². The summed E-state index contributed by atoms with van der Waals surface area (Å²) in [6, 6.07) is 18.8. The third kappa shape index (κ3) is 6.14. The number of carbonyl (C=O) groups is 3. The average Bonchev–Trinajstić information content (AvgIpc) is 3.58. The first-order valence-corrected chi connectivity index (χ1v) is 12.7. The van der Waals surface area contributed by atoms with E-state index in [1.54, 1.807) is 30.3 Å². The van der Waals surface area contributed by atoms with E-state index in [1.165, 1.54) is 49.6 Å². The molecule has 9 nitrogen and oxygen atoms in total. The maximum atomic E-state index is 13.9. The number of alkyl halides is 3. The quantitative estimate of drug-likeness (QED) is 0.220. The summed E-state index contributed by atoms with van der Waals surface area (Å²) in [6.45, 7) is 0. The Balaban J connectivity index is 1.43. The van der Waals surface area contributed by atoms with Gasteiger partial charge < -0.3 is 19.6 Å². The predicted molar refractivity (Wildman–Crippen MR) is 152 cm³/mol. The SMILES string of the molecule is COc1cccc(NC(=O)c2cc(-c3ccc(C=C4C(=O)N(c5cccc(C(=O)O)c5)N=C4C(F)(F)F)o3)ccc2Cl)c1. The fourth-order valence-corrected chi connectivity index (χ4v) is 4.38. The zero-order valence-electron chi connectivity index (χ0n) is 22.0. The van der Waals surface area contributed by atoms with E-state index in [4.69, 9.17) is 20.8 Å². The number of benzene rings is 3. The fraction of sp³-hybridized carbons (Fsp3) is 0.0667. The summed E-state index contributed by atoms with van der Waals surface area (Å²) in [7, 11) is 1.49. The maximum absolute atomic E-state index is 13.9. The van der Waals surface area contributed by atoms with Crippen molar-refractivity contribution in [1.82, 2.24) is 0 Å². The van der Waals surface area contributed by atoms with Crippen LogP contribution in [-0.4, -0.2) is 41.9 Å². The highest BCUT2D eigenvalue weighted by molar-refractivity contribution is 6.35. The number of carboxylic acids is 1. The number of anilines is 2. The highest BCUT2D eigenvalue weighted by atomic mass is 35.5. The number of rotatable bonds is 7. The van der Waals surface area contributed by atoms with Gasteiger partial charge in [0.25, 0.3) is 11.8 Å². The normalized spacial score (nSPS) is 14.2. The molecule has 0 radical (unpaired) electrons. The van der Waals surface area contributed by atoms with Crippen LogP contribution in [0.15, 0.2) is 94.0 Å². The summed E-state index contributed by atoms with van der Waals surface area (Å²) in [5.74, 6) is -2.36. The molecule has 2 N–H and O–H groups in total. The van der Waals surface area contributed by atoms with Crippen LogP contribution in [0.4, 0.5) is 24.5 Å². The lowest BCUT2D eigenvalue weighted by molar-refractivity contribution is -0.114. The lowest BCUT2D eigenvalue weighted by atomic mass is 10.1. The molecule has 0 atom stereocenters. The first-order chi connectivity index (χ1) is 20.4. The monoisotopic (exact) mass is 609 g/mol. The molecule has 0 fully saturated rings. The Kier molecular flexibility index (Phi) is 7.79. The van der Waals surface area contributed by atoms with Crippen molar-refractivity contribution in [2.45, 2.75) is 6.18 Å². The number of carboxylic acid groups (broad SMARTS) is 1. The van der Waals surface area contributed by atoms with Gasteiger partial charge in [0.2, 0.25) is 0 Å². The van der Waals surface area contributed by atoms with Crippen molar-refractivity contribution in [3.63, 3.8) is 0 Å². The van der Waals surface area contributed by atoms with Gasteiger partial charge in [-0.2, -0.15) is 23.3 Å². The van der Waals surface area contributed by atoms with E-state index in [9.17, 15) is 32.7 Å². The number of nitrogens with one attached hydrogen (secondary N) is 1. The van der Waals surface area contributed by atoms with E-state index >= 15 is 0 Å². The van der Waals surface area contributed by atoms with Gasteiger partial charge in [0.05, 0.1) is 34.5 Å². The largest absolute Gasteiger partial charge is 0.497 e. The molecular weight excluding hydrogens is 591 g/mol. The molecule has 2 amide bonds. The van der Waals surface area contributed by atoms with Crippen molar-refractivity contribution in [3.8, 4) is 17.1 Å². The molecule has 0 bridgehead atoms. The average molecular weight is 610 g/mol. The second kappa shape index (κ2) is 11.5. The molecule has 2 heterocycles. The van der Waals surface area contributed by atoms with Gasteiger partial charge in [0.1, 0.15) is 17.3 Å². The zero-order chi connectivity index (χ0) is 30.9. The van der Waals surface area contributed by atoms with Crippen molar-refractivity contribution < 1.29 is 41.8 Å². The molecule has 4 aromatic rings. The van der Waals surface area contributed by atoms with Crippen molar-refractivity contribution in [2.24, 2.45) is 5.10 Å². The lowest BCUT2D eigenvalue weighted by Crippen LogP contribution is -2.25. The standard InChI is InChI=1S/C30H19ClF3N3O6/c1-42-20-7-3-5-18(14-20)35-27(38)22-13-16(8-10-24(22)31)25-11-9-21(43-25)15-23-26(30(32,33)34)36-37(28(23)39)19-6-2-4-17(12-19)29(40)41/h2-15H,1H3,(H,35,38)(H,40,41). The molecule has 5 rings (SSSR count). The van der Waals surface area contributed by atoms with Crippen LogP contribution in [-0.2, 0) is 4.79 Å². The Bertz CT molecular complexity index is 1830. The van der Waals surface area contributed by atoms with Gasteiger partial charge in [-0.3, -0.25) is 9.59 Å². The van der Waals surface area contributed by atoms with Crippen LogP contribution in [0.5, 0.6) is 5.75 Å². The molecule has 218 valence electrons. The summed E-state index contributed by atoms with van der Waals surface area (Å²) in [5.41, 5.74) is -1.71. The molecule has 1 aliphatic rings. The van der Waals surface area contributed by atoms with Crippen LogP contribution in [0.25, 0.3) is 17.4 Å². The molecule has 0 saturated carbocycles. The maximum Gasteiger partial charge on any atom is 0.435 e. The number of hydrogen-bond donors (Lipinski definition) is 2. The molecular formula is C30H19ClF3N3O6. The smallest absolute Gasteiger partial charge is 0.435 e. The number of aromatic carboxylic acids is 1. The zero-order valence-corrected chi connectivity index (χ0v) is 22.7. The number of nitrogens with zero attached hydrogens (tertiary/aromatic N) is 2. The van der Waals surface area contributed by atoms with E-state index in [-0.39, 0.29) is 33.4 Å². The minimum Gasteiger partial charge on any atom is -0.497 e. The van der Waals surface area contributed by atoms with E-state index in [0.29, 0.717) is 22.0 Å². The van der Waals surface area contributed by atoms with Gasteiger partial charge in [-0.15, -0.1) is 0 Å². The minimum absolute atomic E-state index is 0.103. The third-order valence-electron chi connectivity index (χ3n) is 6.22. The third-order valence-corrected chi connectivity index (χ3v) is 6.55. The molecule has 0 saturated heterocycles. The molecule has 0 spiro atoms. The van der Waals surface area contributed by atoms with Crippen LogP contribution in [0.3, 0.4) is 0 Å². The number of furan rings is 1. The summed E-state index contributed by atoms with van der Waals surface area (Å²) in [5, 5.41) is 16.0. The van der Waals surface area contributed by atoms with E-state index in [0.717, 1.165) is 12.1 Å². The molecule has 13 heteroatoms. The molecule has 0 unspecified atom stereocenters. The summed E-state index contributed by atoms with van der Waals surface area (Å²) in [4.78, 5) is 37.3. The van der Waals surface area contributed by atoms with Crippen molar-refractivity contribution in [1.29, 1.82) is 0 Å². The van der Waals surface area contributed by atoms with Crippen molar-refractivity contribution in [3.05, 3.63) is 106 Å². The lowest BCUT2D eigenvalue weighted by Gasteiger charge is -2.12. The van der Waals surface area contributed by atoms with E-state index < -0.39 is 35.2 Å². The molecule has 0 aliphatic carbocycles. The summed E-state index contributed by atoms with van der Waals surface area (Å²) in [6.07, 6.45) is -4.11. The Morgan fingerprint density at radius 3 is 2.53 bits per heavy atom. The molecule has 1 aliphatic heterocycles. The first kappa shape index (κ1) is 29.1. The number of carbonyl (C=O) groups excluding carboxylic acids is 2. The minimum atomic E-state index is -5.00. The molecule has 1 aromatic heterocycles. The molecule has 3 aromatic carbocycles. The van der Waals surface area contributed by atoms with Crippen LogP contribution >= 0.6 is 11.6 Å². The first-order valence-electron chi connectivity index (χ1n) is 12.4. The number of hydrazone groups is 1. The topological polar surface area (TPSA) is 121 Å². The fourth-order valence-electron chi connectivity index (χ4n) is 4.18. The number of amides is 2. The van der Waals surface area contributed by atoms with Gasteiger partial charge in [0.15, 0.2) is 5.71 Å². The van der Waals surface area contributed by atoms with Gasteiger partial charge in [0, 0.05) is 17.3 Å². The van der Waals surface area contributed by atoms with Crippen LogP contribution < -0.4 is 15.1 Å². The number of methoxy groups -OCH3 is 1. The van der Waals surface area contributed by atoms with Crippen LogP contribution in [0.2, 0.25) is 5.02 Å². The number of halogens is 4. The Labute approximate surface area is 246 Å². The van der Waals surface area contributed by atoms with E-state index in [2.05, 4.69) is 10.4 Å². The van der Waals surface area contributed by atoms with Gasteiger partial charge >= 0.3 is 12.1 Å². The highest BCUT2D eigenvalue weighted by Crippen LogP contribution is 2.34. The predicted octanol–water partition coefficient (Wildman–Crippen LogP) is 6.91. The van der Waals surface area contributed by atoms with Crippen LogP contribution in [0, 0.1) is 0 Å². The van der Waals surface area contributed by atoms with Gasteiger partial charge in [-0.1, -0.05) is 23.7 Å². The van der Waals surface area contributed by atoms with Crippen molar-refractivity contribution >= 4 is 52.5 Å². The van der Waals surface area contributed by atoms with Crippen LogP contribution in [0.1, 0.15) is 26.5 Å². The Hall–Kier alpha value is -5.36. The van der Waals surface area contributed by atoms with Gasteiger partial charge in [-0.05, 0) is 66.7 Å².